The lowest BCUT2D eigenvalue weighted by atomic mass is 10.2. The van der Waals surface area contributed by atoms with Crippen molar-refractivity contribution in [3.05, 3.63) is 12.7 Å². The maximum Gasteiger partial charge on any atom is 0.0304 e. The first-order valence-corrected chi connectivity index (χ1v) is 5.69. The molecule has 0 aromatic carbocycles. The summed E-state index contributed by atoms with van der Waals surface area (Å²) in [6.07, 6.45) is 4.04. The summed E-state index contributed by atoms with van der Waals surface area (Å²) in [4.78, 5) is 0. The molecule has 0 aliphatic rings. The number of hydrogen-bond acceptors (Lipinski definition) is 3. The quantitative estimate of drug-likeness (QED) is 0.394. The maximum atomic E-state index is 5.45. The first-order valence-electron chi connectivity index (χ1n) is 4.70. The number of rotatable bonds is 6. The second-order valence-electron chi connectivity index (χ2n) is 4.15. The first-order chi connectivity index (χ1) is 5.99. The number of nitrogens with two attached hydrogens (primary N) is 1. The normalized spacial score (nSPS) is 14.2. The molecule has 0 radical (unpaired) electrons. The minimum Gasteiger partial charge on any atom is -0.271 e. The molecule has 0 bridgehead atoms. The van der Waals surface area contributed by atoms with Crippen molar-refractivity contribution >= 4 is 11.8 Å². The Hall–Kier alpha value is 0.01000. The van der Waals surface area contributed by atoms with Crippen molar-refractivity contribution < 1.29 is 0 Å². The Morgan fingerprint density at radius 2 is 2.15 bits per heavy atom. The van der Waals surface area contributed by atoms with Gasteiger partial charge in [0.05, 0.1) is 0 Å². The molecule has 0 rings (SSSR count). The second kappa shape index (κ2) is 6.46. The van der Waals surface area contributed by atoms with Gasteiger partial charge in [-0.15, -0.1) is 6.58 Å². The van der Waals surface area contributed by atoms with Crippen molar-refractivity contribution in [2.24, 2.45) is 5.84 Å². The largest absolute Gasteiger partial charge is 0.271 e. The first kappa shape index (κ1) is 13.0. The van der Waals surface area contributed by atoms with E-state index in [2.05, 4.69) is 32.8 Å². The third kappa shape index (κ3) is 8.34. The summed E-state index contributed by atoms with van der Waals surface area (Å²) >= 11 is 1.94. The monoisotopic (exact) mass is 202 g/mol. The molecule has 0 spiro atoms. The molecule has 0 aromatic heterocycles. The highest BCUT2D eigenvalue weighted by Gasteiger charge is 2.14. The van der Waals surface area contributed by atoms with Crippen LogP contribution in [0.4, 0.5) is 0 Å². The van der Waals surface area contributed by atoms with Crippen LogP contribution in [-0.4, -0.2) is 16.5 Å². The summed E-state index contributed by atoms with van der Waals surface area (Å²) in [5.74, 6) is 6.51. The van der Waals surface area contributed by atoms with Crippen molar-refractivity contribution in [3.63, 3.8) is 0 Å². The molecule has 0 fully saturated rings. The average molecular weight is 202 g/mol. The van der Waals surface area contributed by atoms with Gasteiger partial charge in [0.15, 0.2) is 0 Å². The van der Waals surface area contributed by atoms with Gasteiger partial charge in [0.1, 0.15) is 0 Å². The van der Waals surface area contributed by atoms with Gasteiger partial charge in [-0.1, -0.05) is 26.8 Å². The van der Waals surface area contributed by atoms with E-state index in [4.69, 9.17) is 5.84 Å². The van der Waals surface area contributed by atoms with Crippen LogP contribution < -0.4 is 11.3 Å². The maximum absolute atomic E-state index is 5.45. The Labute approximate surface area is 86.3 Å². The van der Waals surface area contributed by atoms with Crippen LogP contribution in [0.5, 0.6) is 0 Å². The molecule has 1 atom stereocenters. The van der Waals surface area contributed by atoms with Gasteiger partial charge in [-0.05, 0) is 12.8 Å². The van der Waals surface area contributed by atoms with Crippen molar-refractivity contribution in [2.45, 2.75) is 44.4 Å². The highest BCUT2D eigenvalue weighted by molar-refractivity contribution is 8.00. The van der Waals surface area contributed by atoms with E-state index in [1.807, 2.05) is 17.8 Å². The Kier molecular flexibility index (Phi) is 6.47. The molecule has 3 N–H and O–H groups in total. The van der Waals surface area contributed by atoms with Crippen LogP contribution in [-0.2, 0) is 0 Å². The molecular formula is C10H22N2S. The minimum atomic E-state index is 0.323. The van der Waals surface area contributed by atoms with E-state index >= 15 is 0 Å². The SMILES string of the molecule is C=CCCC(CSC(C)(C)C)NN. The van der Waals surface area contributed by atoms with E-state index in [1.54, 1.807) is 0 Å². The highest BCUT2D eigenvalue weighted by atomic mass is 32.2. The van der Waals surface area contributed by atoms with Crippen molar-refractivity contribution in [1.29, 1.82) is 0 Å². The van der Waals surface area contributed by atoms with Gasteiger partial charge >= 0.3 is 0 Å². The zero-order chi connectivity index (χ0) is 10.3. The smallest absolute Gasteiger partial charge is 0.0304 e. The van der Waals surface area contributed by atoms with E-state index < -0.39 is 0 Å². The third-order valence-corrected chi connectivity index (χ3v) is 3.11. The summed E-state index contributed by atoms with van der Waals surface area (Å²) in [6.45, 7) is 10.4. The van der Waals surface area contributed by atoms with E-state index in [1.165, 1.54) is 0 Å². The molecule has 0 aliphatic carbocycles. The lowest BCUT2D eigenvalue weighted by Crippen LogP contribution is -2.37. The summed E-state index contributed by atoms with van der Waals surface area (Å²) in [6, 6.07) is 0.405. The fourth-order valence-electron chi connectivity index (χ4n) is 0.884. The number of hydrazine groups is 1. The molecule has 13 heavy (non-hydrogen) atoms. The third-order valence-electron chi connectivity index (χ3n) is 1.67. The average Bonchev–Trinajstić information content (AvgIpc) is 2.03. The van der Waals surface area contributed by atoms with E-state index in [0.717, 1.165) is 18.6 Å². The molecule has 0 aliphatic heterocycles. The van der Waals surface area contributed by atoms with Gasteiger partial charge < -0.3 is 0 Å². The van der Waals surface area contributed by atoms with Crippen LogP contribution in [0.15, 0.2) is 12.7 Å². The van der Waals surface area contributed by atoms with Crippen LogP contribution in [0.25, 0.3) is 0 Å². The Bertz CT molecular complexity index is 140. The van der Waals surface area contributed by atoms with Crippen LogP contribution in [0.3, 0.4) is 0 Å². The Balaban J connectivity index is 3.65. The predicted molar refractivity (Wildman–Crippen MR) is 62.8 cm³/mol. The van der Waals surface area contributed by atoms with Gasteiger partial charge in [0.25, 0.3) is 0 Å². The van der Waals surface area contributed by atoms with Crippen LogP contribution in [0.2, 0.25) is 0 Å². The van der Waals surface area contributed by atoms with Crippen LogP contribution in [0.1, 0.15) is 33.6 Å². The minimum absolute atomic E-state index is 0.323. The fourth-order valence-corrected chi connectivity index (χ4v) is 1.85. The number of thioether (sulfide) groups is 1. The number of hydrogen-bond donors (Lipinski definition) is 2. The summed E-state index contributed by atoms with van der Waals surface area (Å²) in [5, 5.41) is 0. The molecule has 78 valence electrons. The summed E-state index contributed by atoms with van der Waals surface area (Å²) in [5.41, 5.74) is 2.84. The van der Waals surface area contributed by atoms with E-state index in [9.17, 15) is 0 Å². The van der Waals surface area contributed by atoms with Crippen LogP contribution in [0, 0.1) is 0 Å². The van der Waals surface area contributed by atoms with Gasteiger partial charge in [0, 0.05) is 16.5 Å². The zero-order valence-corrected chi connectivity index (χ0v) is 9.79. The molecule has 0 aromatic rings. The van der Waals surface area contributed by atoms with E-state index in [-0.39, 0.29) is 0 Å². The highest BCUT2D eigenvalue weighted by Crippen LogP contribution is 2.24. The second-order valence-corrected chi connectivity index (χ2v) is 6.00. The Morgan fingerprint density at radius 1 is 1.54 bits per heavy atom. The zero-order valence-electron chi connectivity index (χ0n) is 8.97. The fraction of sp³-hybridized carbons (Fsp3) is 0.800. The molecule has 1 unspecified atom stereocenters. The number of nitrogens with one attached hydrogen (secondary N) is 1. The molecule has 0 heterocycles. The lowest BCUT2D eigenvalue weighted by molar-refractivity contribution is 0.542. The standard InChI is InChI=1S/C10H22N2S/c1-5-6-7-9(12-11)8-13-10(2,3)4/h5,9,12H,1,6-8,11H2,2-4H3. The molecule has 3 heteroatoms. The van der Waals surface area contributed by atoms with Gasteiger partial charge in [0.2, 0.25) is 0 Å². The van der Waals surface area contributed by atoms with Gasteiger partial charge in [-0.25, -0.2) is 0 Å². The number of allylic oxidation sites excluding steroid dienone is 1. The lowest BCUT2D eigenvalue weighted by Gasteiger charge is -2.22. The summed E-state index contributed by atoms with van der Waals surface area (Å²) in [7, 11) is 0. The van der Waals surface area contributed by atoms with Gasteiger partial charge in [-0.2, -0.15) is 11.8 Å². The summed E-state index contributed by atoms with van der Waals surface area (Å²) < 4.78 is 0.323. The topological polar surface area (TPSA) is 38.0 Å². The molecule has 0 saturated carbocycles. The molecule has 0 amide bonds. The van der Waals surface area contributed by atoms with Crippen molar-refractivity contribution in [1.82, 2.24) is 5.43 Å². The predicted octanol–water partition coefficient (Wildman–Crippen LogP) is 2.32. The molecule has 0 saturated heterocycles. The Morgan fingerprint density at radius 3 is 2.54 bits per heavy atom. The van der Waals surface area contributed by atoms with Gasteiger partial charge in [-0.3, -0.25) is 11.3 Å². The van der Waals surface area contributed by atoms with Crippen molar-refractivity contribution in [3.8, 4) is 0 Å². The van der Waals surface area contributed by atoms with Crippen molar-refractivity contribution in [2.75, 3.05) is 5.75 Å². The van der Waals surface area contributed by atoms with Crippen LogP contribution >= 0.6 is 11.8 Å². The molecule has 2 nitrogen and oxygen atoms in total. The van der Waals surface area contributed by atoms with E-state index in [0.29, 0.717) is 10.8 Å². The molecular weight excluding hydrogens is 180 g/mol.